The van der Waals surface area contributed by atoms with E-state index in [1.807, 2.05) is 0 Å². The first-order valence-corrected chi connectivity index (χ1v) is 9.70. The normalized spacial score (nSPS) is 15.8. The van der Waals surface area contributed by atoms with Gasteiger partial charge in [-0.1, -0.05) is 17.9 Å². The molecule has 1 atom stereocenters. The standard InChI is InChI=1S/C23H19N3O5/c1-25-21-16(5-3-13-31-17-9-7-15(14-27)8-10-17)4-2-6-18(21)26(23(25)30)19-11-12-20(28)24-22(19)29/h2,4,6-10,14,19H,11-13H2,1H3,(H,24,28,29). The van der Waals surface area contributed by atoms with Crippen molar-refractivity contribution in [3.05, 3.63) is 64.1 Å². The Labute approximate surface area is 177 Å². The van der Waals surface area contributed by atoms with Crippen LogP contribution in [0, 0.1) is 11.8 Å². The molecule has 8 heteroatoms. The van der Waals surface area contributed by atoms with Gasteiger partial charge in [-0.2, -0.15) is 0 Å². The molecule has 0 saturated carbocycles. The van der Waals surface area contributed by atoms with E-state index in [0.717, 1.165) is 6.29 Å². The number of nitrogens with zero attached hydrogens (tertiary/aromatic N) is 2. The molecule has 8 nitrogen and oxygen atoms in total. The van der Waals surface area contributed by atoms with Crippen molar-refractivity contribution in [1.82, 2.24) is 14.5 Å². The van der Waals surface area contributed by atoms with Gasteiger partial charge in [0.25, 0.3) is 0 Å². The predicted octanol–water partition coefficient (Wildman–Crippen LogP) is 1.56. The van der Waals surface area contributed by atoms with Crippen LogP contribution in [0.4, 0.5) is 0 Å². The minimum atomic E-state index is -0.741. The lowest BCUT2D eigenvalue weighted by Gasteiger charge is -2.21. The van der Waals surface area contributed by atoms with Crippen LogP contribution in [0.5, 0.6) is 5.75 Å². The third kappa shape index (κ3) is 3.85. The first kappa shape index (κ1) is 20.2. The van der Waals surface area contributed by atoms with E-state index in [1.54, 1.807) is 49.5 Å². The average Bonchev–Trinajstić information content (AvgIpc) is 3.03. The van der Waals surface area contributed by atoms with E-state index in [1.165, 1.54) is 9.13 Å². The number of aromatic nitrogens is 2. The molecule has 0 aliphatic carbocycles. The number of fused-ring (bicyclic) bond motifs is 1. The molecule has 2 amide bonds. The highest BCUT2D eigenvalue weighted by Crippen LogP contribution is 2.24. The van der Waals surface area contributed by atoms with E-state index in [4.69, 9.17) is 4.74 Å². The number of hydrogen-bond acceptors (Lipinski definition) is 5. The Morgan fingerprint density at radius 1 is 1.16 bits per heavy atom. The van der Waals surface area contributed by atoms with Crippen LogP contribution >= 0.6 is 0 Å². The Kier molecular flexibility index (Phi) is 5.41. The highest BCUT2D eigenvalue weighted by atomic mass is 16.5. The van der Waals surface area contributed by atoms with Crippen molar-refractivity contribution in [1.29, 1.82) is 0 Å². The topological polar surface area (TPSA) is 99.4 Å². The number of imidazole rings is 1. The molecule has 1 saturated heterocycles. The maximum Gasteiger partial charge on any atom is 0.329 e. The average molecular weight is 417 g/mol. The highest BCUT2D eigenvalue weighted by Gasteiger charge is 2.31. The van der Waals surface area contributed by atoms with Crippen molar-refractivity contribution < 1.29 is 19.1 Å². The molecule has 1 aliphatic heterocycles. The number of para-hydroxylation sites is 1. The van der Waals surface area contributed by atoms with Gasteiger partial charge >= 0.3 is 5.69 Å². The summed E-state index contributed by atoms with van der Waals surface area (Å²) in [7, 11) is 1.63. The maximum atomic E-state index is 12.9. The number of piperidine rings is 1. The van der Waals surface area contributed by atoms with E-state index in [0.29, 0.717) is 27.9 Å². The van der Waals surface area contributed by atoms with Crippen LogP contribution in [0.2, 0.25) is 0 Å². The molecule has 1 fully saturated rings. The maximum absolute atomic E-state index is 12.9. The van der Waals surface area contributed by atoms with Gasteiger partial charge in [0.2, 0.25) is 11.8 Å². The van der Waals surface area contributed by atoms with E-state index >= 15 is 0 Å². The zero-order valence-corrected chi connectivity index (χ0v) is 16.8. The fourth-order valence-corrected chi connectivity index (χ4v) is 3.66. The number of aryl methyl sites for hydroxylation is 1. The Hall–Kier alpha value is -4.12. The van der Waals surface area contributed by atoms with Crippen LogP contribution in [-0.4, -0.2) is 33.8 Å². The number of amides is 2. The molecule has 31 heavy (non-hydrogen) atoms. The molecule has 156 valence electrons. The van der Waals surface area contributed by atoms with Gasteiger partial charge in [-0.3, -0.25) is 28.8 Å². The van der Waals surface area contributed by atoms with Crippen molar-refractivity contribution in [2.75, 3.05) is 6.61 Å². The van der Waals surface area contributed by atoms with Gasteiger partial charge in [-0.05, 0) is 42.8 Å². The van der Waals surface area contributed by atoms with E-state index in [9.17, 15) is 19.2 Å². The summed E-state index contributed by atoms with van der Waals surface area (Å²) in [5.74, 6) is 5.74. The molecule has 0 spiro atoms. The Balaban J connectivity index is 1.62. The van der Waals surface area contributed by atoms with Crippen LogP contribution in [0.3, 0.4) is 0 Å². The van der Waals surface area contributed by atoms with Crippen LogP contribution in [-0.2, 0) is 16.6 Å². The smallest absolute Gasteiger partial charge is 0.329 e. The minimum Gasteiger partial charge on any atom is -0.481 e. The largest absolute Gasteiger partial charge is 0.481 e. The second-order valence-corrected chi connectivity index (χ2v) is 7.13. The number of carbonyl (C=O) groups excluding carboxylic acids is 3. The van der Waals surface area contributed by atoms with E-state index in [2.05, 4.69) is 17.2 Å². The fourth-order valence-electron chi connectivity index (χ4n) is 3.66. The van der Waals surface area contributed by atoms with Crippen LogP contribution in [0.1, 0.15) is 34.8 Å². The van der Waals surface area contributed by atoms with Gasteiger partial charge in [0.1, 0.15) is 24.7 Å². The molecule has 3 aromatic rings. The predicted molar refractivity (Wildman–Crippen MR) is 113 cm³/mol. The summed E-state index contributed by atoms with van der Waals surface area (Å²) < 4.78 is 8.45. The summed E-state index contributed by atoms with van der Waals surface area (Å²) in [6.45, 7) is 0.124. The van der Waals surface area contributed by atoms with E-state index in [-0.39, 0.29) is 31.0 Å². The second-order valence-electron chi connectivity index (χ2n) is 7.13. The van der Waals surface area contributed by atoms with Gasteiger partial charge in [-0.25, -0.2) is 4.79 Å². The summed E-state index contributed by atoms with van der Waals surface area (Å²) in [6.07, 6.45) is 1.22. The van der Waals surface area contributed by atoms with Gasteiger partial charge < -0.3 is 4.74 Å². The van der Waals surface area contributed by atoms with Crippen molar-refractivity contribution in [2.45, 2.75) is 18.9 Å². The van der Waals surface area contributed by atoms with Gasteiger partial charge in [0.05, 0.1) is 16.6 Å². The van der Waals surface area contributed by atoms with Crippen molar-refractivity contribution in [2.24, 2.45) is 7.05 Å². The lowest BCUT2D eigenvalue weighted by molar-refractivity contribution is -0.135. The second kappa shape index (κ2) is 8.32. The molecule has 2 aromatic carbocycles. The molecule has 2 heterocycles. The zero-order chi connectivity index (χ0) is 22.0. The number of rotatable bonds is 4. The molecule has 1 aliphatic rings. The number of benzene rings is 2. The minimum absolute atomic E-state index is 0.124. The van der Waals surface area contributed by atoms with Gasteiger partial charge in [0.15, 0.2) is 0 Å². The lowest BCUT2D eigenvalue weighted by atomic mass is 10.1. The first-order chi connectivity index (χ1) is 15.0. The highest BCUT2D eigenvalue weighted by molar-refractivity contribution is 6.00. The molecule has 0 bridgehead atoms. The molecule has 1 N–H and O–H groups in total. The third-order valence-electron chi connectivity index (χ3n) is 5.17. The summed E-state index contributed by atoms with van der Waals surface area (Å²) in [6, 6.07) is 11.3. The summed E-state index contributed by atoms with van der Waals surface area (Å²) in [5.41, 5.74) is 2.04. The van der Waals surface area contributed by atoms with Gasteiger partial charge in [0, 0.05) is 19.0 Å². The Morgan fingerprint density at radius 2 is 1.94 bits per heavy atom. The summed E-state index contributed by atoms with van der Waals surface area (Å²) >= 11 is 0. The van der Waals surface area contributed by atoms with Crippen molar-refractivity contribution >= 4 is 29.1 Å². The molecular formula is C23H19N3O5. The van der Waals surface area contributed by atoms with Crippen LogP contribution in [0.25, 0.3) is 11.0 Å². The fraction of sp³-hybridized carbons (Fsp3) is 0.217. The summed E-state index contributed by atoms with van der Waals surface area (Å²) in [4.78, 5) is 47.4. The van der Waals surface area contributed by atoms with Crippen LogP contribution in [0.15, 0.2) is 47.3 Å². The number of ether oxygens (including phenoxy) is 1. The first-order valence-electron chi connectivity index (χ1n) is 9.70. The SMILES string of the molecule is Cn1c(=O)n(C2CCC(=O)NC2=O)c2cccc(C#CCOc3ccc(C=O)cc3)c21. The number of hydrogen-bond donors (Lipinski definition) is 1. The number of carbonyl (C=O) groups is 3. The van der Waals surface area contributed by atoms with Gasteiger partial charge in [-0.15, -0.1) is 0 Å². The van der Waals surface area contributed by atoms with E-state index < -0.39 is 11.9 Å². The lowest BCUT2D eigenvalue weighted by Crippen LogP contribution is -2.44. The number of aldehydes is 1. The Bertz CT molecular complexity index is 1310. The number of imide groups is 1. The molecule has 1 aromatic heterocycles. The van der Waals surface area contributed by atoms with Crippen molar-refractivity contribution in [3.63, 3.8) is 0 Å². The molecular weight excluding hydrogens is 398 g/mol. The monoisotopic (exact) mass is 417 g/mol. The zero-order valence-electron chi connectivity index (χ0n) is 16.8. The Morgan fingerprint density at radius 3 is 2.65 bits per heavy atom. The van der Waals surface area contributed by atoms with Crippen LogP contribution < -0.4 is 15.7 Å². The molecule has 1 unspecified atom stereocenters. The summed E-state index contributed by atoms with van der Waals surface area (Å²) in [5, 5.41) is 2.30. The number of nitrogens with one attached hydrogen (secondary N) is 1. The molecule has 4 rings (SSSR count). The molecule has 0 radical (unpaired) electrons. The quantitative estimate of drug-likeness (QED) is 0.395. The third-order valence-corrected chi connectivity index (χ3v) is 5.17. The van der Waals surface area contributed by atoms with Crippen molar-refractivity contribution in [3.8, 4) is 17.6 Å².